The van der Waals surface area contributed by atoms with Gasteiger partial charge in [0.15, 0.2) is 0 Å². The molecule has 1 aliphatic rings. The summed E-state index contributed by atoms with van der Waals surface area (Å²) in [5, 5.41) is 5.98. The van der Waals surface area contributed by atoms with Crippen molar-refractivity contribution >= 4 is 18.2 Å². The molecule has 36 heavy (non-hydrogen) atoms. The fourth-order valence-electron chi connectivity index (χ4n) is 4.22. The second kappa shape index (κ2) is 19.3. The highest BCUT2D eigenvalue weighted by atomic mass is 16.7. The fraction of sp³-hybridized carbons (Fsp3) is 0.800. The Kier molecular flexibility index (Phi) is 16.6. The van der Waals surface area contributed by atoms with Crippen molar-refractivity contribution in [2.24, 2.45) is 11.0 Å². The third-order valence-corrected chi connectivity index (χ3v) is 6.12. The Bertz CT molecular complexity index is 747. The number of hydrogen-bond donors (Lipinski definition) is 1. The number of alkyl carbamates (subject to hydrolysis) is 1. The Morgan fingerprint density at radius 2 is 1.81 bits per heavy atom. The van der Waals surface area contributed by atoms with E-state index in [2.05, 4.69) is 15.3 Å². The highest BCUT2D eigenvalue weighted by molar-refractivity contribution is 5.92. The second-order valence-corrected chi connectivity index (χ2v) is 8.92. The van der Waals surface area contributed by atoms with Crippen LogP contribution in [0.2, 0.25) is 0 Å². The van der Waals surface area contributed by atoms with Gasteiger partial charge < -0.3 is 18.9 Å². The molecular formula is C25H42N4O7. The summed E-state index contributed by atoms with van der Waals surface area (Å²) in [6.07, 6.45) is 9.98. The van der Waals surface area contributed by atoms with Crippen molar-refractivity contribution in [1.29, 1.82) is 0 Å². The molecular weight excluding hydrogens is 468 g/mol. The van der Waals surface area contributed by atoms with E-state index < -0.39 is 24.3 Å². The number of amides is 1. The van der Waals surface area contributed by atoms with E-state index in [0.717, 1.165) is 51.4 Å². The Labute approximate surface area is 213 Å². The van der Waals surface area contributed by atoms with Crippen LogP contribution in [-0.4, -0.2) is 50.7 Å². The molecule has 2 atom stereocenters. The number of methoxy groups -OCH3 is 1. The lowest BCUT2D eigenvalue weighted by atomic mass is 9.83. The Morgan fingerprint density at radius 1 is 1.08 bits per heavy atom. The van der Waals surface area contributed by atoms with Crippen LogP contribution in [-0.2, 0) is 23.7 Å². The number of nitrogens with one attached hydrogen (secondary N) is 1. The molecule has 0 heterocycles. The molecule has 0 aromatic carbocycles. The number of ether oxygens (including phenoxy) is 4. The highest BCUT2D eigenvalue weighted by Gasteiger charge is 2.28. The van der Waals surface area contributed by atoms with E-state index in [0.29, 0.717) is 25.8 Å². The van der Waals surface area contributed by atoms with E-state index in [9.17, 15) is 14.4 Å². The van der Waals surface area contributed by atoms with Gasteiger partial charge in [0.05, 0.1) is 13.7 Å². The van der Waals surface area contributed by atoms with Crippen molar-refractivity contribution in [1.82, 2.24) is 5.32 Å². The summed E-state index contributed by atoms with van der Waals surface area (Å²) in [5.41, 5.74) is 8.30. The molecule has 0 spiro atoms. The summed E-state index contributed by atoms with van der Waals surface area (Å²) in [6, 6.07) is 0. The van der Waals surface area contributed by atoms with Gasteiger partial charge in [0.1, 0.15) is 17.9 Å². The maximum absolute atomic E-state index is 12.4. The predicted octanol–water partition coefficient (Wildman–Crippen LogP) is 6.32. The van der Waals surface area contributed by atoms with E-state index in [4.69, 9.17) is 24.5 Å². The van der Waals surface area contributed by atoms with Gasteiger partial charge in [0.25, 0.3) is 0 Å². The molecule has 0 aliphatic heterocycles. The number of allylic oxidation sites excluding steroid dienone is 1. The predicted molar refractivity (Wildman–Crippen MR) is 134 cm³/mol. The lowest BCUT2D eigenvalue weighted by molar-refractivity contribution is -0.136. The van der Waals surface area contributed by atoms with Gasteiger partial charge >= 0.3 is 18.2 Å². The summed E-state index contributed by atoms with van der Waals surface area (Å²) in [6.45, 7) is 4.22. The SMILES string of the molecule is CCOC(=O)OC(CCC(C)OC(=O)N/C(=C/CCCCCCN=[N+]=[N-])C(=O)OC)C1CCCCC1. The van der Waals surface area contributed by atoms with Crippen LogP contribution >= 0.6 is 0 Å². The van der Waals surface area contributed by atoms with Gasteiger partial charge in [-0.05, 0) is 70.2 Å². The minimum Gasteiger partial charge on any atom is -0.464 e. The van der Waals surface area contributed by atoms with Crippen molar-refractivity contribution in [3.05, 3.63) is 22.2 Å². The van der Waals surface area contributed by atoms with Gasteiger partial charge in [-0.3, -0.25) is 5.32 Å². The van der Waals surface area contributed by atoms with Crippen LogP contribution in [0.15, 0.2) is 16.9 Å². The van der Waals surface area contributed by atoms with Crippen molar-refractivity contribution in [2.45, 2.75) is 103 Å². The van der Waals surface area contributed by atoms with Crippen molar-refractivity contribution < 1.29 is 33.3 Å². The van der Waals surface area contributed by atoms with Gasteiger partial charge in [0, 0.05) is 11.5 Å². The lowest BCUT2D eigenvalue weighted by Gasteiger charge is -2.30. The third kappa shape index (κ3) is 13.8. The van der Waals surface area contributed by atoms with Gasteiger partial charge in [-0.2, -0.15) is 0 Å². The summed E-state index contributed by atoms with van der Waals surface area (Å²) >= 11 is 0. The van der Waals surface area contributed by atoms with Crippen LogP contribution in [0, 0.1) is 5.92 Å². The molecule has 1 rings (SSSR count). The van der Waals surface area contributed by atoms with Gasteiger partial charge in [-0.1, -0.05) is 43.3 Å². The standard InChI is InChI=1S/C25H42N4O7/c1-4-34-25(32)36-22(20-13-9-8-10-14-20)17-16-19(2)35-24(31)28-21(23(30)33-3)15-11-6-5-7-12-18-27-29-26/h15,19-20,22H,4-14,16-18H2,1-3H3,(H,28,31)/b21-15+. The minimum atomic E-state index is -0.742. The third-order valence-electron chi connectivity index (χ3n) is 6.12. The van der Waals surface area contributed by atoms with E-state index in [1.54, 1.807) is 19.9 Å². The number of rotatable bonds is 16. The molecule has 1 N–H and O–H groups in total. The first kappa shape index (κ1) is 31.1. The van der Waals surface area contributed by atoms with E-state index in [-0.39, 0.29) is 24.3 Å². The molecule has 1 saturated carbocycles. The fourth-order valence-corrected chi connectivity index (χ4v) is 4.22. The maximum atomic E-state index is 12.4. The van der Waals surface area contributed by atoms with E-state index in [1.165, 1.54) is 13.5 Å². The second-order valence-electron chi connectivity index (χ2n) is 8.92. The molecule has 0 radical (unpaired) electrons. The number of hydrogen-bond acceptors (Lipinski definition) is 8. The molecule has 1 amide bonds. The summed E-state index contributed by atoms with van der Waals surface area (Å²) in [4.78, 5) is 39.1. The molecule has 2 unspecified atom stereocenters. The average Bonchev–Trinajstić information content (AvgIpc) is 2.87. The van der Waals surface area contributed by atoms with Crippen molar-refractivity contribution in [3.63, 3.8) is 0 Å². The van der Waals surface area contributed by atoms with Crippen LogP contribution in [0.1, 0.15) is 90.9 Å². The molecule has 1 aliphatic carbocycles. The van der Waals surface area contributed by atoms with Gasteiger partial charge in [-0.25, -0.2) is 14.4 Å². The molecule has 11 nitrogen and oxygen atoms in total. The molecule has 0 aromatic rings. The van der Waals surface area contributed by atoms with Crippen LogP contribution in [0.5, 0.6) is 0 Å². The van der Waals surface area contributed by atoms with E-state index >= 15 is 0 Å². The molecule has 204 valence electrons. The molecule has 0 bridgehead atoms. The molecule has 11 heteroatoms. The van der Waals surface area contributed by atoms with Crippen molar-refractivity contribution in [2.75, 3.05) is 20.3 Å². The van der Waals surface area contributed by atoms with Gasteiger partial charge in [0.2, 0.25) is 0 Å². The number of carbonyl (C=O) groups excluding carboxylic acids is 3. The number of unbranched alkanes of at least 4 members (excludes halogenated alkanes) is 4. The molecule has 0 aromatic heterocycles. The summed E-state index contributed by atoms with van der Waals surface area (Å²) < 4.78 is 20.7. The first-order valence-corrected chi connectivity index (χ1v) is 13.0. The Hall–Kier alpha value is -2.94. The first-order chi connectivity index (χ1) is 17.4. The smallest absolute Gasteiger partial charge is 0.464 e. The number of nitrogens with zero attached hydrogens (tertiary/aromatic N) is 3. The molecule has 0 saturated heterocycles. The lowest BCUT2D eigenvalue weighted by Crippen LogP contribution is -2.33. The van der Waals surface area contributed by atoms with Gasteiger partial charge in [-0.15, -0.1) is 0 Å². The highest BCUT2D eigenvalue weighted by Crippen LogP contribution is 2.30. The van der Waals surface area contributed by atoms with E-state index in [1.807, 2.05) is 0 Å². The van der Waals surface area contributed by atoms with Crippen LogP contribution < -0.4 is 5.32 Å². The zero-order chi connectivity index (χ0) is 26.6. The Morgan fingerprint density at radius 3 is 2.47 bits per heavy atom. The summed E-state index contributed by atoms with van der Waals surface area (Å²) in [7, 11) is 1.25. The van der Waals surface area contributed by atoms with Crippen molar-refractivity contribution in [3.8, 4) is 0 Å². The Balaban J connectivity index is 2.52. The average molecular weight is 511 g/mol. The zero-order valence-corrected chi connectivity index (χ0v) is 21.9. The number of azide groups is 1. The minimum absolute atomic E-state index is 0.0366. The van der Waals surface area contributed by atoms with Crippen LogP contribution in [0.25, 0.3) is 10.4 Å². The zero-order valence-electron chi connectivity index (χ0n) is 21.9. The number of esters is 1. The summed E-state index contributed by atoms with van der Waals surface area (Å²) in [5.74, 6) is -0.375. The largest absolute Gasteiger partial charge is 0.508 e. The van der Waals surface area contributed by atoms with Crippen LogP contribution in [0.3, 0.4) is 0 Å². The normalized spacial score (nSPS) is 15.7. The van der Waals surface area contributed by atoms with Crippen LogP contribution in [0.4, 0.5) is 9.59 Å². The first-order valence-electron chi connectivity index (χ1n) is 13.0. The molecule has 1 fully saturated rings. The monoisotopic (exact) mass is 510 g/mol. The maximum Gasteiger partial charge on any atom is 0.508 e. The number of carbonyl (C=O) groups is 3. The quantitative estimate of drug-likeness (QED) is 0.0485. The topological polar surface area (TPSA) is 149 Å².